The highest BCUT2D eigenvalue weighted by atomic mass is 35.5. The highest BCUT2D eigenvalue weighted by Crippen LogP contribution is 2.30. The van der Waals surface area contributed by atoms with E-state index in [1.165, 1.54) is 12.1 Å². The van der Waals surface area contributed by atoms with Gasteiger partial charge in [-0.25, -0.2) is 4.39 Å². The minimum atomic E-state index is -0.634. The highest BCUT2D eigenvalue weighted by molar-refractivity contribution is 6.31. The van der Waals surface area contributed by atoms with Crippen molar-refractivity contribution in [2.75, 3.05) is 6.61 Å². The smallest absolute Gasteiger partial charge is 0.170 e. The molecule has 0 amide bonds. The van der Waals surface area contributed by atoms with Crippen LogP contribution in [0.2, 0.25) is 5.02 Å². The zero-order valence-corrected chi connectivity index (χ0v) is 12.1. The van der Waals surface area contributed by atoms with Crippen LogP contribution in [0.3, 0.4) is 0 Å². The van der Waals surface area contributed by atoms with Crippen LogP contribution in [0.1, 0.15) is 22.8 Å². The lowest BCUT2D eigenvalue weighted by molar-refractivity contribution is -0.131. The summed E-state index contributed by atoms with van der Waals surface area (Å²) in [6.45, 7) is 0.498. The van der Waals surface area contributed by atoms with Crippen LogP contribution < -0.4 is 0 Å². The van der Waals surface area contributed by atoms with Crippen molar-refractivity contribution in [3.05, 3.63) is 70.0 Å². The van der Waals surface area contributed by atoms with Crippen LogP contribution in [0.5, 0.6) is 0 Å². The summed E-state index contributed by atoms with van der Waals surface area (Å²) in [5.41, 5.74) is 2.22. The number of halogens is 2. The third-order valence-electron chi connectivity index (χ3n) is 3.70. The maximum absolute atomic E-state index is 13.8. The van der Waals surface area contributed by atoms with E-state index in [1.54, 1.807) is 6.07 Å². The van der Waals surface area contributed by atoms with Gasteiger partial charge >= 0.3 is 0 Å². The molecule has 0 spiro atoms. The Morgan fingerprint density at radius 3 is 2.86 bits per heavy atom. The van der Waals surface area contributed by atoms with E-state index in [0.717, 1.165) is 17.5 Å². The average molecular weight is 305 g/mol. The molecule has 0 N–H and O–H groups in total. The van der Waals surface area contributed by atoms with E-state index < -0.39 is 11.9 Å². The Hall–Kier alpha value is -1.71. The van der Waals surface area contributed by atoms with Crippen molar-refractivity contribution in [3.8, 4) is 0 Å². The Balaban J connectivity index is 1.87. The third kappa shape index (κ3) is 2.85. The fourth-order valence-electron chi connectivity index (χ4n) is 2.63. The Morgan fingerprint density at radius 1 is 1.24 bits per heavy atom. The van der Waals surface area contributed by atoms with Crippen molar-refractivity contribution in [1.82, 2.24) is 0 Å². The van der Waals surface area contributed by atoms with Gasteiger partial charge in [-0.3, -0.25) is 4.79 Å². The molecule has 108 valence electrons. The molecule has 2 aromatic carbocycles. The van der Waals surface area contributed by atoms with Gasteiger partial charge in [0.2, 0.25) is 0 Å². The molecule has 1 unspecified atom stereocenters. The van der Waals surface area contributed by atoms with Crippen LogP contribution >= 0.6 is 11.6 Å². The normalized spacial score (nSPS) is 17.3. The summed E-state index contributed by atoms with van der Waals surface area (Å²) in [4.78, 5) is 12.5. The van der Waals surface area contributed by atoms with Crippen molar-refractivity contribution < 1.29 is 13.9 Å². The van der Waals surface area contributed by atoms with E-state index in [1.807, 2.05) is 24.3 Å². The van der Waals surface area contributed by atoms with Crippen molar-refractivity contribution in [2.45, 2.75) is 18.9 Å². The first-order valence-corrected chi connectivity index (χ1v) is 7.19. The Labute approximate surface area is 127 Å². The number of ketones is 1. The Morgan fingerprint density at radius 2 is 2.05 bits per heavy atom. The molecule has 3 rings (SSSR count). The summed E-state index contributed by atoms with van der Waals surface area (Å²) in [6, 6.07) is 12.1. The summed E-state index contributed by atoms with van der Waals surface area (Å²) >= 11 is 5.98. The molecule has 0 saturated carbocycles. The van der Waals surface area contributed by atoms with Gasteiger partial charge in [0.15, 0.2) is 5.78 Å². The number of rotatable bonds is 3. The van der Waals surface area contributed by atoms with Gasteiger partial charge in [0.1, 0.15) is 11.9 Å². The molecule has 0 radical (unpaired) electrons. The van der Waals surface area contributed by atoms with Gasteiger partial charge in [-0.15, -0.1) is 0 Å². The van der Waals surface area contributed by atoms with Crippen LogP contribution in [-0.2, 0) is 22.4 Å². The number of fused-ring (bicyclic) bond motifs is 1. The van der Waals surface area contributed by atoms with Crippen LogP contribution in [0, 0.1) is 5.82 Å². The number of hydrogen-bond acceptors (Lipinski definition) is 2. The fraction of sp³-hybridized carbons (Fsp3) is 0.235. The van der Waals surface area contributed by atoms with Gasteiger partial charge in [-0.05, 0) is 29.7 Å². The monoisotopic (exact) mass is 304 g/mol. The van der Waals surface area contributed by atoms with Crippen molar-refractivity contribution in [3.63, 3.8) is 0 Å². The van der Waals surface area contributed by atoms with Gasteiger partial charge in [-0.1, -0.05) is 41.9 Å². The second kappa shape index (κ2) is 5.96. The van der Waals surface area contributed by atoms with Gasteiger partial charge in [-0.2, -0.15) is 0 Å². The van der Waals surface area contributed by atoms with Crippen LogP contribution in [-0.4, -0.2) is 12.4 Å². The summed E-state index contributed by atoms with van der Waals surface area (Å²) in [5, 5.41) is 0.271. The van der Waals surface area contributed by atoms with E-state index >= 15 is 0 Å². The molecule has 2 nitrogen and oxygen atoms in total. The molecular formula is C17H14ClFO2. The molecular weight excluding hydrogens is 291 g/mol. The van der Waals surface area contributed by atoms with Gasteiger partial charge in [0.05, 0.1) is 6.61 Å². The standard InChI is InChI=1S/C17H14ClFO2/c18-14-6-3-7-15(19)13(14)10-16(20)17-12-5-2-1-4-11(12)8-9-21-17/h1-7,17H,8-10H2. The number of Topliss-reactive ketones (excluding diaryl/α,β-unsaturated/α-hetero) is 1. The predicted octanol–water partition coefficient (Wildman–Crippen LogP) is 3.90. The second-order valence-electron chi connectivity index (χ2n) is 5.04. The van der Waals surface area contributed by atoms with E-state index in [2.05, 4.69) is 0 Å². The summed E-state index contributed by atoms with van der Waals surface area (Å²) < 4.78 is 19.4. The fourth-order valence-corrected chi connectivity index (χ4v) is 2.86. The molecule has 1 atom stereocenters. The Bertz CT molecular complexity index is 664. The molecule has 2 aromatic rings. The van der Waals surface area contributed by atoms with Crippen molar-refractivity contribution in [2.24, 2.45) is 0 Å². The minimum Gasteiger partial charge on any atom is -0.365 e. The molecule has 1 aliphatic heterocycles. The lowest BCUT2D eigenvalue weighted by Crippen LogP contribution is -2.25. The van der Waals surface area contributed by atoms with Crippen molar-refractivity contribution >= 4 is 17.4 Å². The number of carbonyl (C=O) groups is 1. The van der Waals surface area contributed by atoms with E-state index in [0.29, 0.717) is 6.61 Å². The summed E-state index contributed by atoms with van der Waals surface area (Å²) in [6.07, 6.45) is 0.0934. The first kappa shape index (κ1) is 14.2. The van der Waals surface area contributed by atoms with Crippen LogP contribution in [0.4, 0.5) is 4.39 Å². The minimum absolute atomic E-state index is 0.0650. The molecule has 0 bridgehead atoms. The van der Waals surface area contributed by atoms with E-state index in [9.17, 15) is 9.18 Å². The maximum atomic E-state index is 13.8. The van der Waals surface area contributed by atoms with Crippen molar-refractivity contribution in [1.29, 1.82) is 0 Å². The second-order valence-corrected chi connectivity index (χ2v) is 5.45. The Kier molecular flexibility index (Phi) is 4.04. The molecule has 1 aliphatic rings. The zero-order chi connectivity index (χ0) is 14.8. The highest BCUT2D eigenvalue weighted by Gasteiger charge is 2.28. The summed E-state index contributed by atoms with van der Waals surface area (Å²) in [7, 11) is 0. The van der Waals surface area contributed by atoms with Gasteiger partial charge in [0.25, 0.3) is 0 Å². The predicted molar refractivity (Wildman–Crippen MR) is 79.0 cm³/mol. The molecule has 0 aromatic heterocycles. The first-order valence-electron chi connectivity index (χ1n) is 6.82. The number of ether oxygens (including phenoxy) is 1. The zero-order valence-electron chi connectivity index (χ0n) is 11.3. The lowest BCUT2D eigenvalue weighted by Gasteiger charge is -2.25. The maximum Gasteiger partial charge on any atom is 0.170 e. The largest absolute Gasteiger partial charge is 0.365 e. The average Bonchev–Trinajstić information content (AvgIpc) is 2.50. The lowest BCUT2D eigenvalue weighted by atomic mass is 9.93. The van der Waals surface area contributed by atoms with Crippen LogP contribution in [0.25, 0.3) is 0 Å². The van der Waals surface area contributed by atoms with Gasteiger partial charge in [0, 0.05) is 17.0 Å². The number of hydrogen-bond donors (Lipinski definition) is 0. The topological polar surface area (TPSA) is 26.3 Å². The number of benzene rings is 2. The SMILES string of the molecule is O=C(Cc1c(F)cccc1Cl)C1OCCc2ccccc21. The van der Waals surface area contributed by atoms with Crippen LogP contribution in [0.15, 0.2) is 42.5 Å². The summed E-state index contributed by atoms with van der Waals surface area (Å²) in [5.74, 6) is -0.630. The number of carbonyl (C=O) groups excluding carboxylic acids is 1. The molecule has 0 fully saturated rings. The molecule has 0 aliphatic carbocycles. The molecule has 21 heavy (non-hydrogen) atoms. The molecule has 4 heteroatoms. The molecule has 0 saturated heterocycles. The van der Waals surface area contributed by atoms with E-state index in [-0.39, 0.29) is 22.8 Å². The molecule has 1 heterocycles. The quantitative estimate of drug-likeness (QED) is 0.859. The third-order valence-corrected chi connectivity index (χ3v) is 4.05. The van der Waals surface area contributed by atoms with E-state index in [4.69, 9.17) is 16.3 Å². The first-order chi connectivity index (χ1) is 10.2. The van der Waals surface area contributed by atoms with Gasteiger partial charge < -0.3 is 4.74 Å².